The zero-order valence-electron chi connectivity index (χ0n) is 16.5. The lowest BCUT2D eigenvalue weighted by Gasteiger charge is -2.39. The van der Waals surface area contributed by atoms with Gasteiger partial charge in [0.15, 0.2) is 11.5 Å². The average molecular weight is 344 g/mol. The first-order valence-electron chi connectivity index (χ1n) is 9.37. The van der Waals surface area contributed by atoms with E-state index in [2.05, 4.69) is 26.0 Å². The summed E-state index contributed by atoms with van der Waals surface area (Å²) in [5.74, 6) is 2.08. The molecule has 1 N–H and O–H groups in total. The first-order chi connectivity index (χ1) is 11.7. The molecular weight excluding hydrogens is 312 g/mol. The molecule has 0 fully saturated rings. The van der Waals surface area contributed by atoms with Crippen molar-refractivity contribution in [2.24, 2.45) is 11.3 Å². The van der Waals surface area contributed by atoms with Gasteiger partial charge in [-0.2, -0.15) is 0 Å². The molecule has 0 aromatic heterocycles. The van der Waals surface area contributed by atoms with Crippen LogP contribution >= 0.6 is 0 Å². The summed E-state index contributed by atoms with van der Waals surface area (Å²) >= 11 is 0. The minimum absolute atomic E-state index is 0.350. The van der Waals surface area contributed by atoms with E-state index in [1.165, 1.54) is 17.5 Å². The van der Waals surface area contributed by atoms with Gasteiger partial charge < -0.3 is 14.6 Å². The molecule has 2 aliphatic carbocycles. The van der Waals surface area contributed by atoms with Crippen molar-refractivity contribution in [3.63, 3.8) is 0 Å². The van der Waals surface area contributed by atoms with E-state index in [9.17, 15) is 5.11 Å². The maximum absolute atomic E-state index is 10.6. The van der Waals surface area contributed by atoms with Crippen LogP contribution in [0.1, 0.15) is 63.6 Å². The van der Waals surface area contributed by atoms with Crippen LogP contribution in [0.3, 0.4) is 0 Å². The molecule has 1 unspecified atom stereocenters. The smallest absolute Gasteiger partial charge is 0.167 e. The standard InChI is InChI=1S/C22H32O3/c1-21(2)11-7-8-15-12-16-14(9-10-17(15)21)13-18(22(3,4)23)20(25-6)19(16)24-5/h8,13,17,23H,7,9-12H2,1-6H3. The molecular formula is C22H32O3. The van der Waals surface area contributed by atoms with Crippen molar-refractivity contribution in [3.8, 4) is 11.5 Å². The summed E-state index contributed by atoms with van der Waals surface area (Å²) in [6.45, 7) is 8.42. The number of allylic oxidation sites excluding steroid dienone is 2. The van der Waals surface area contributed by atoms with Gasteiger partial charge in [0.1, 0.15) is 0 Å². The molecule has 0 spiro atoms. The quantitative estimate of drug-likeness (QED) is 0.802. The fourth-order valence-corrected chi connectivity index (χ4v) is 4.75. The molecule has 25 heavy (non-hydrogen) atoms. The van der Waals surface area contributed by atoms with Gasteiger partial charge in [0.25, 0.3) is 0 Å². The molecule has 1 atom stereocenters. The predicted octanol–water partition coefficient (Wildman–Crippen LogP) is 4.78. The molecule has 0 aliphatic heterocycles. The van der Waals surface area contributed by atoms with Crippen LogP contribution in [0, 0.1) is 11.3 Å². The van der Waals surface area contributed by atoms with Crippen molar-refractivity contribution >= 4 is 0 Å². The summed E-state index contributed by atoms with van der Waals surface area (Å²) < 4.78 is 11.5. The number of ether oxygens (including phenoxy) is 2. The van der Waals surface area contributed by atoms with E-state index in [0.717, 1.165) is 37.0 Å². The molecule has 3 rings (SSSR count). The summed E-state index contributed by atoms with van der Waals surface area (Å²) in [4.78, 5) is 0. The molecule has 0 saturated heterocycles. The predicted molar refractivity (Wildman–Crippen MR) is 101 cm³/mol. The second-order valence-electron chi connectivity index (χ2n) is 8.76. The van der Waals surface area contributed by atoms with Crippen LogP contribution in [-0.2, 0) is 18.4 Å². The van der Waals surface area contributed by atoms with E-state index < -0.39 is 5.60 Å². The fraction of sp³-hybridized carbons (Fsp3) is 0.636. The SMILES string of the molecule is COc1c(C(C)(C)O)cc2c(c1OC)CC1=CCCC(C)(C)C1CC2. The highest BCUT2D eigenvalue weighted by Gasteiger charge is 2.37. The second kappa shape index (κ2) is 6.35. The van der Waals surface area contributed by atoms with Crippen LogP contribution in [0.15, 0.2) is 17.7 Å². The zero-order chi connectivity index (χ0) is 18.4. The lowest BCUT2D eigenvalue weighted by molar-refractivity contribution is 0.0750. The molecule has 138 valence electrons. The number of aliphatic hydroxyl groups is 1. The number of aryl methyl sites for hydroxylation is 1. The van der Waals surface area contributed by atoms with Crippen molar-refractivity contribution < 1.29 is 14.6 Å². The first kappa shape index (κ1) is 18.3. The molecule has 3 nitrogen and oxygen atoms in total. The number of benzene rings is 1. The third-order valence-electron chi connectivity index (χ3n) is 6.17. The van der Waals surface area contributed by atoms with Gasteiger partial charge in [-0.15, -0.1) is 0 Å². The van der Waals surface area contributed by atoms with Crippen LogP contribution in [0.25, 0.3) is 0 Å². The first-order valence-corrected chi connectivity index (χ1v) is 9.37. The molecule has 0 amide bonds. The Balaban J connectivity index is 2.16. The van der Waals surface area contributed by atoms with Crippen molar-refractivity contribution in [3.05, 3.63) is 34.4 Å². The Morgan fingerprint density at radius 2 is 1.84 bits per heavy atom. The summed E-state index contributed by atoms with van der Waals surface area (Å²) in [5.41, 5.74) is 4.27. The zero-order valence-corrected chi connectivity index (χ0v) is 16.5. The maximum atomic E-state index is 10.6. The van der Waals surface area contributed by atoms with Gasteiger partial charge in [0.05, 0.1) is 19.8 Å². The van der Waals surface area contributed by atoms with Crippen LogP contribution in [0.4, 0.5) is 0 Å². The molecule has 0 bridgehead atoms. The summed E-state index contributed by atoms with van der Waals surface area (Å²) in [6, 6.07) is 2.14. The largest absolute Gasteiger partial charge is 0.493 e. The molecule has 1 aromatic carbocycles. The lowest BCUT2D eigenvalue weighted by Crippen LogP contribution is -2.29. The fourth-order valence-electron chi connectivity index (χ4n) is 4.75. The van der Waals surface area contributed by atoms with Gasteiger partial charge in [0, 0.05) is 11.1 Å². The lowest BCUT2D eigenvalue weighted by atomic mass is 9.66. The van der Waals surface area contributed by atoms with Crippen molar-refractivity contribution in [2.75, 3.05) is 14.2 Å². The Bertz CT molecular complexity index is 692. The summed E-state index contributed by atoms with van der Waals surface area (Å²) in [5, 5.41) is 10.6. The Labute approximate surface area is 152 Å². The van der Waals surface area contributed by atoms with Gasteiger partial charge in [-0.3, -0.25) is 0 Å². The molecule has 0 saturated carbocycles. The van der Waals surface area contributed by atoms with Gasteiger partial charge in [-0.25, -0.2) is 0 Å². The number of hydrogen-bond donors (Lipinski definition) is 1. The summed E-state index contributed by atoms with van der Waals surface area (Å²) in [6.07, 6.45) is 7.97. The average Bonchev–Trinajstić information content (AvgIpc) is 2.71. The number of rotatable bonds is 3. The monoisotopic (exact) mass is 344 g/mol. The Kier molecular flexibility index (Phi) is 4.65. The Morgan fingerprint density at radius 3 is 2.44 bits per heavy atom. The topological polar surface area (TPSA) is 38.7 Å². The van der Waals surface area contributed by atoms with Gasteiger partial charge in [0.2, 0.25) is 0 Å². The van der Waals surface area contributed by atoms with E-state index >= 15 is 0 Å². The number of hydrogen-bond acceptors (Lipinski definition) is 3. The summed E-state index contributed by atoms with van der Waals surface area (Å²) in [7, 11) is 3.36. The molecule has 3 heteroatoms. The van der Waals surface area contributed by atoms with Crippen LogP contribution in [0.2, 0.25) is 0 Å². The third kappa shape index (κ3) is 3.19. The van der Waals surface area contributed by atoms with Gasteiger partial charge in [-0.1, -0.05) is 25.5 Å². The second-order valence-corrected chi connectivity index (χ2v) is 8.76. The molecule has 0 heterocycles. The van der Waals surface area contributed by atoms with Crippen LogP contribution < -0.4 is 9.47 Å². The van der Waals surface area contributed by atoms with Crippen LogP contribution in [0.5, 0.6) is 11.5 Å². The number of fused-ring (bicyclic) bond motifs is 2. The maximum Gasteiger partial charge on any atom is 0.167 e. The molecule has 1 aromatic rings. The van der Waals surface area contributed by atoms with Crippen molar-refractivity contribution in [1.29, 1.82) is 0 Å². The van der Waals surface area contributed by atoms with Crippen molar-refractivity contribution in [2.45, 2.75) is 65.4 Å². The van der Waals surface area contributed by atoms with E-state index in [-0.39, 0.29) is 0 Å². The van der Waals surface area contributed by atoms with Gasteiger partial charge in [-0.05, 0) is 68.9 Å². The molecule has 2 aliphatic rings. The number of methoxy groups -OCH3 is 2. The minimum Gasteiger partial charge on any atom is -0.493 e. The van der Waals surface area contributed by atoms with E-state index in [1.54, 1.807) is 33.6 Å². The third-order valence-corrected chi connectivity index (χ3v) is 6.17. The highest BCUT2D eigenvalue weighted by atomic mass is 16.5. The normalized spacial score (nSPS) is 22.4. The van der Waals surface area contributed by atoms with E-state index in [4.69, 9.17) is 9.47 Å². The van der Waals surface area contributed by atoms with E-state index in [0.29, 0.717) is 17.1 Å². The Morgan fingerprint density at radius 1 is 1.16 bits per heavy atom. The van der Waals surface area contributed by atoms with Crippen LogP contribution in [-0.4, -0.2) is 19.3 Å². The van der Waals surface area contributed by atoms with E-state index in [1.807, 2.05) is 0 Å². The van der Waals surface area contributed by atoms with Gasteiger partial charge >= 0.3 is 0 Å². The molecule has 0 radical (unpaired) electrons. The van der Waals surface area contributed by atoms with Crippen molar-refractivity contribution in [1.82, 2.24) is 0 Å². The highest BCUT2D eigenvalue weighted by Crippen LogP contribution is 2.50. The minimum atomic E-state index is -0.967. The Hall–Kier alpha value is -1.48. The highest BCUT2D eigenvalue weighted by molar-refractivity contribution is 5.59.